The lowest BCUT2D eigenvalue weighted by Gasteiger charge is -2.26. The van der Waals surface area contributed by atoms with Gasteiger partial charge in [0, 0.05) is 58.1 Å². The smallest absolute Gasteiger partial charge is 0.317 e. The van der Waals surface area contributed by atoms with Crippen molar-refractivity contribution in [1.82, 2.24) is 24.1 Å². The molecule has 1 aromatic rings. The molecule has 1 unspecified atom stereocenters. The number of hydrogen-bond donors (Lipinski definition) is 1. The van der Waals surface area contributed by atoms with Crippen molar-refractivity contribution < 1.29 is 17.9 Å². The van der Waals surface area contributed by atoms with E-state index in [0.717, 1.165) is 12.2 Å². The highest BCUT2D eigenvalue weighted by atomic mass is 32.2. The molecule has 9 nitrogen and oxygen atoms in total. The third-order valence-corrected chi connectivity index (χ3v) is 6.57. The summed E-state index contributed by atoms with van der Waals surface area (Å²) >= 11 is 0. The number of sulfonamides is 1. The number of aromatic nitrogens is 2. The predicted octanol–water partition coefficient (Wildman–Crippen LogP) is -0.419. The molecule has 0 saturated carbocycles. The zero-order valence-electron chi connectivity index (χ0n) is 14.4. The van der Waals surface area contributed by atoms with E-state index in [1.165, 1.54) is 4.31 Å². The molecule has 3 rings (SSSR count). The summed E-state index contributed by atoms with van der Waals surface area (Å²) in [5.41, 5.74) is 0. The first-order chi connectivity index (χ1) is 12.0. The van der Waals surface area contributed by atoms with E-state index in [1.54, 1.807) is 11.1 Å². The summed E-state index contributed by atoms with van der Waals surface area (Å²) in [6.45, 7) is 2.98. The minimum Gasteiger partial charge on any atom is -0.379 e. The third-order valence-electron chi connectivity index (χ3n) is 4.70. The lowest BCUT2D eigenvalue weighted by molar-refractivity contribution is 0.0730. The zero-order valence-corrected chi connectivity index (χ0v) is 15.2. The Hall–Kier alpha value is -1.65. The van der Waals surface area contributed by atoms with Gasteiger partial charge in [-0.15, -0.1) is 0 Å². The second kappa shape index (κ2) is 7.71. The number of aryl methyl sites for hydroxylation is 1. The third kappa shape index (κ3) is 4.31. The van der Waals surface area contributed by atoms with E-state index in [4.69, 9.17) is 4.74 Å². The molecule has 140 valence electrons. The van der Waals surface area contributed by atoms with Gasteiger partial charge in [-0.1, -0.05) is 0 Å². The number of carbonyl (C=O) groups is 1. The average molecular weight is 371 g/mol. The first-order valence-electron chi connectivity index (χ1n) is 8.53. The van der Waals surface area contributed by atoms with Gasteiger partial charge in [-0.25, -0.2) is 18.2 Å². The maximum Gasteiger partial charge on any atom is 0.317 e. The molecule has 2 amide bonds. The Morgan fingerprint density at radius 1 is 1.36 bits per heavy atom. The standard InChI is InChI=1S/C15H25N5O4S/c1-18-6-3-16-14(18)13-2-5-19(12-13)15(21)17-4-11-25(22,23)20-7-9-24-10-8-20/h3,6,13H,2,4-5,7-12H2,1H3,(H,17,21). The first-order valence-corrected chi connectivity index (χ1v) is 10.1. The molecule has 10 heteroatoms. The number of likely N-dealkylation sites (tertiary alicyclic amines) is 1. The van der Waals surface area contributed by atoms with E-state index in [-0.39, 0.29) is 24.2 Å². The van der Waals surface area contributed by atoms with E-state index in [0.29, 0.717) is 39.4 Å². The van der Waals surface area contributed by atoms with Crippen molar-refractivity contribution in [3.8, 4) is 0 Å². The summed E-state index contributed by atoms with van der Waals surface area (Å²) < 4.78 is 33.0. The number of ether oxygens (including phenoxy) is 1. The largest absolute Gasteiger partial charge is 0.379 e. The van der Waals surface area contributed by atoms with Crippen LogP contribution in [-0.4, -0.2) is 84.9 Å². The van der Waals surface area contributed by atoms with Crippen LogP contribution in [0.2, 0.25) is 0 Å². The maximum absolute atomic E-state index is 12.3. The lowest BCUT2D eigenvalue weighted by Crippen LogP contribution is -2.45. The Labute approximate surface area is 148 Å². The van der Waals surface area contributed by atoms with Crippen LogP contribution in [0.15, 0.2) is 12.4 Å². The summed E-state index contributed by atoms with van der Waals surface area (Å²) in [5, 5.41) is 2.72. The van der Waals surface area contributed by atoms with Crippen LogP contribution in [0.4, 0.5) is 4.79 Å². The van der Waals surface area contributed by atoms with Crippen LogP contribution >= 0.6 is 0 Å². The Balaban J connectivity index is 1.44. The minimum absolute atomic E-state index is 0.0879. The van der Waals surface area contributed by atoms with E-state index in [1.807, 2.05) is 17.8 Å². The topological polar surface area (TPSA) is 96.8 Å². The van der Waals surface area contributed by atoms with Crippen molar-refractivity contribution in [2.45, 2.75) is 12.3 Å². The Morgan fingerprint density at radius 2 is 2.12 bits per heavy atom. The molecule has 0 spiro atoms. The molecule has 0 radical (unpaired) electrons. The van der Waals surface area contributed by atoms with Gasteiger partial charge in [0.25, 0.3) is 0 Å². The van der Waals surface area contributed by atoms with Crippen LogP contribution in [0.3, 0.4) is 0 Å². The number of imidazole rings is 1. The number of hydrogen-bond acceptors (Lipinski definition) is 5. The monoisotopic (exact) mass is 371 g/mol. The Bertz CT molecular complexity index is 699. The molecule has 1 atom stereocenters. The molecule has 1 aromatic heterocycles. The molecule has 3 heterocycles. The highest BCUT2D eigenvalue weighted by molar-refractivity contribution is 7.89. The van der Waals surface area contributed by atoms with Gasteiger partial charge in [-0.2, -0.15) is 4.31 Å². The predicted molar refractivity (Wildman–Crippen MR) is 91.7 cm³/mol. The quantitative estimate of drug-likeness (QED) is 0.758. The molecule has 2 fully saturated rings. The van der Waals surface area contributed by atoms with Crippen molar-refractivity contribution in [3.05, 3.63) is 18.2 Å². The van der Waals surface area contributed by atoms with Gasteiger partial charge in [0.2, 0.25) is 10.0 Å². The molecule has 2 aliphatic rings. The molecule has 25 heavy (non-hydrogen) atoms. The molecule has 1 N–H and O–H groups in total. The maximum atomic E-state index is 12.3. The number of amides is 2. The van der Waals surface area contributed by atoms with Gasteiger partial charge in [0.05, 0.1) is 19.0 Å². The fourth-order valence-corrected chi connectivity index (χ4v) is 4.60. The lowest BCUT2D eigenvalue weighted by atomic mass is 10.1. The molecule has 2 saturated heterocycles. The fraction of sp³-hybridized carbons (Fsp3) is 0.733. The number of rotatable bonds is 5. The summed E-state index contributed by atoms with van der Waals surface area (Å²) in [6.07, 6.45) is 4.52. The highest BCUT2D eigenvalue weighted by Gasteiger charge is 2.30. The molecule has 0 aliphatic carbocycles. The summed E-state index contributed by atoms with van der Waals surface area (Å²) in [5.74, 6) is 1.11. The van der Waals surface area contributed by atoms with Crippen molar-refractivity contribution in [2.75, 3.05) is 51.7 Å². The van der Waals surface area contributed by atoms with E-state index in [2.05, 4.69) is 10.3 Å². The summed E-state index contributed by atoms with van der Waals surface area (Å²) in [6, 6.07) is -0.214. The van der Waals surface area contributed by atoms with Crippen LogP contribution in [0.25, 0.3) is 0 Å². The second-order valence-corrected chi connectivity index (χ2v) is 8.48. The Kier molecular flexibility index (Phi) is 5.60. The van der Waals surface area contributed by atoms with Crippen molar-refractivity contribution in [3.63, 3.8) is 0 Å². The summed E-state index contributed by atoms with van der Waals surface area (Å²) in [7, 11) is -1.40. The number of nitrogens with one attached hydrogen (secondary N) is 1. The van der Waals surface area contributed by atoms with Crippen LogP contribution in [0.1, 0.15) is 18.2 Å². The summed E-state index contributed by atoms with van der Waals surface area (Å²) in [4.78, 5) is 18.3. The molecular formula is C15H25N5O4S. The average Bonchev–Trinajstić information content (AvgIpc) is 3.24. The van der Waals surface area contributed by atoms with Crippen LogP contribution < -0.4 is 5.32 Å². The molecule has 0 bridgehead atoms. The van der Waals surface area contributed by atoms with Crippen molar-refractivity contribution in [2.24, 2.45) is 7.05 Å². The number of morpholine rings is 1. The van der Waals surface area contributed by atoms with Gasteiger partial charge in [0.1, 0.15) is 5.82 Å². The molecular weight excluding hydrogens is 346 g/mol. The van der Waals surface area contributed by atoms with Gasteiger partial charge in [-0.05, 0) is 6.42 Å². The van der Waals surface area contributed by atoms with Crippen LogP contribution in [0, 0.1) is 0 Å². The second-order valence-electron chi connectivity index (χ2n) is 6.39. The van der Waals surface area contributed by atoms with Gasteiger partial charge in [0.15, 0.2) is 0 Å². The van der Waals surface area contributed by atoms with Crippen LogP contribution in [0.5, 0.6) is 0 Å². The van der Waals surface area contributed by atoms with Gasteiger partial charge in [-0.3, -0.25) is 0 Å². The first kappa shape index (κ1) is 18.2. The van der Waals surface area contributed by atoms with Crippen molar-refractivity contribution >= 4 is 16.1 Å². The fourth-order valence-electron chi connectivity index (χ4n) is 3.28. The van der Waals surface area contributed by atoms with Gasteiger partial charge >= 0.3 is 6.03 Å². The highest BCUT2D eigenvalue weighted by Crippen LogP contribution is 2.25. The number of nitrogens with zero attached hydrogens (tertiary/aromatic N) is 4. The van der Waals surface area contributed by atoms with E-state index in [9.17, 15) is 13.2 Å². The van der Waals surface area contributed by atoms with Gasteiger partial charge < -0.3 is 19.5 Å². The number of urea groups is 1. The molecule has 0 aromatic carbocycles. The van der Waals surface area contributed by atoms with Crippen LogP contribution in [-0.2, 0) is 21.8 Å². The Morgan fingerprint density at radius 3 is 2.80 bits per heavy atom. The number of carbonyl (C=O) groups excluding carboxylic acids is 1. The van der Waals surface area contributed by atoms with E-state index >= 15 is 0 Å². The molecule has 2 aliphatic heterocycles. The SMILES string of the molecule is Cn1ccnc1C1CCN(C(=O)NCCS(=O)(=O)N2CCOCC2)C1. The normalized spacial score (nSPS) is 22.3. The van der Waals surface area contributed by atoms with E-state index < -0.39 is 10.0 Å². The van der Waals surface area contributed by atoms with Crippen molar-refractivity contribution in [1.29, 1.82) is 0 Å². The minimum atomic E-state index is -3.35. The zero-order chi connectivity index (χ0) is 17.9.